The summed E-state index contributed by atoms with van der Waals surface area (Å²) in [6, 6.07) is 22.7. The first kappa shape index (κ1) is 30.3. The SMILES string of the molecule is C/C=C(\C)[C@H](O)[C@@H](C)C(=O)O[C@H](c1ccccc1)[C@H](C)N(Cc1ccccc1C)Cc1c(C)cc(C)cc1C. The molecule has 3 aromatic carbocycles. The Kier molecular flexibility index (Phi) is 10.7. The predicted molar refractivity (Wildman–Crippen MR) is 160 cm³/mol. The lowest BCUT2D eigenvalue weighted by Gasteiger charge is -2.36. The number of rotatable bonds is 11. The molecule has 0 aliphatic carbocycles. The quantitative estimate of drug-likeness (QED) is 0.206. The van der Waals surface area contributed by atoms with Gasteiger partial charge in [0.05, 0.1) is 12.0 Å². The third kappa shape index (κ3) is 7.68. The molecular weight excluding hydrogens is 482 g/mol. The Labute approximate surface area is 235 Å². The molecular formula is C35H45NO3. The van der Waals surface area contributed by atoms with Crippen molar-refractivity contribution >= 4 is 5.97 Å². The Balaban J connectivity index is 2.02. The minimum atomic E-state index is -0.879. The van der Waals surface area contributed by atoms with Crippen LogP contribution < -0.4 is 0 Å². The summed E-state index contributed by atoms with van der Waals surface area (Å²) in [5.41, 5.74) is 9.27. The number of hydrogen-bond donors (Lipinski definition) is 1. The van der Waals surface area contributed by atoms with Crippen molar-refractivity contribution in [2.24, 2.45) is 5.92 Å². The summed E-state index contributed by atoms with van der Waals surface area (Å²) in [6.07, 6.45) is 0.451. The molecule has 4 heteroatoms. The van der Waals surface area contributed by atoms with Crippen molar-refractivity contribution in [3.8, 4) is 0 Å². The van der Waals surface area contributed by atoms with Gasteiger partial charge >= 0.3 is 5.97 Å². The molecule has 0 spiro atoms. The zero-order chi connectivity index (χ0) is 28.7. The van der Waals surface area contributed by atoms with E-state index in [9.17, 15) is 9.90 Å². The van der Waals surface area contributed by atoms with E-state index in [1.165, 1.54) is 33.4 Å². The zero-order valence-corrected chi connectivity index (χ0v) is 24.9. The van der Waals surface area contributed by atoms with Gasteiger partial charge in [0.15, 0.2) is 0 Å². The Bertz CT molecular complexity index is 1260. The van der Waals surface area contributed by atoms with E-state index in [1.807, 2.05) is 50.3 Å². The second-order valence-corrected chi connectivity index (χ2v) is 11.0. The van der Waals surface area contributed by atoms with E-state index in [4.69, 9.17) is 4.74 Å². The van der Waals surface area contributed by atoms with Crippen molar-refractivity contribution in [1.29, 1.82) is 0 Å². The normalized spacial score (nSPS) is 15.1. The number of nitrogens with zero attached hydrogens (tertiary/aromatic N) is 1. The molecule has 0 aliphatic heterocycles. The summed E-state index contributed by atoms with van der Waals surface area (Å²) >= 11 is 0. The molecule has 0 radical (unpaired) electrons. The summed E-state index contributed by atoms with van der Waals surface area (Å²) < 4.78 is 6.27. The van der Waals surface area contributed by atoms with Crippen LogP contribution in [0.1, 0.15) is 72.7 Å². The fourth-order valence-corrected chi connectivity index (χ4v) is 5.22. The van der Waals surface area contributed by atoms with Gasteiger partial charge in [0.1, 0.15) is 6.10 Å². The van der Waals surface area contributed by atoms with Gasteiger partial charge in [0.2, 0.25) is 0 Å². The molecule has 0 amide bonds. The lowest BCUT2D eigenvalue weighted by Crippen LogP contribution is -2.40. The molecule has 39 heavy (non-hydrogen) atoms. The molecule has 0 saturated carbocycles. The molecule has 0 unspecified atom stereocenters. The first-order chi connectivity index (χ1) is 18.5. The minimum absolute atomic E-state index is 0.136. The van der Waals surface area contributed by atoms with Gasteiger partial charge in [-0.25, -0.2) is 0 Å². The molecule has 0 aliphatic rings. The molecule has 0 aromatic heterocycles. The number of carbonyl (C=O) groups is 1. The number of ether oxygens (including phenoxy) is 1. The van der Waals surface area contributed by atoms with E-state index in [0.29, 0.717) is 0 Å². The molecule has 3 rings (SSSR count). The van der Waals surface area contributed by atoms with E-state index >= 15 is 0 Å². The molecule has 208 valence electrons. The highest BCUT2D eigenvalue weighted by Gasteiger charge is 2.33. The second kappa shape index (κ2) is 13.7. The van der Waals surface area contributed by atoms with Crippen LogP contribution in [0.25, 0.3) is 0 Å². The summed E-state index contributed by atoms with van der Waals surface area (Å²) in [5.74, 6) is -1.08. The average molecular weight is 528 g/mol. The molecule has 0 heterocycles. The fraction of sp³-hybridized carbons (Fsp3) is 0.400. The van der Waals surface area contributed by atoms with Crippen molar-refractivity contribution < 1.29 is 14.6 Å². The number of benzene rings is 3. The molecule has 1 N–H and O–H groups in total. The third-order valence-electron chi connectivity index (χ3n) is 7.99. The number of allylic oxidation sites excluding steroid dienone is 1. The van der Waals surface area contributed by atoms with Crippen LogP contribution in [0, 0.1) is 33.6 Å². The Hall–Kier alpha value is -3.21. The topological polar surface area (TPSA) is 49.8 Å². The Morgan fingerprint density at radius 2 is 1.49 bits per heavy atom. The smallest absolute Gasteiger partial charge is 0.312 e. The van der Waals surface area contributed by atoms with Gasteiger partial charge in [-0.3, -0.25) is 9.69 Å². The number of carbonyl (C=O) groups excluding carboxylic acids is 1. The lowest BCUT2D eigenvalue weighted by molar-refractivity contribution is -0.160. The van der Waals surface area contributed by atoms with Crippen LogP contribution >= 0.6 is 0 Å². The summed E-state index contributed by atoms with van der Waals surface area (Å²) in [7, 11) is 0. The fourth-order valence-electron chi connectivity index (χ4n) is 5.22. The van der Waals surface area contributed by atoms with Crippen LogP contribution in [0.4, 0.5) is 0 Å². The van der Waals surface area contributed by atoms with Crippen LogP contribution in [-0.2, 0) is 22.6 Å². The summed E-state index contributed by atoms with van der Waals surface area (Å²) in [5, 5.41) is 10.7. The first-order valence-corrected chi connectivity index (χ1v) is 13.9. The van der Waals surface area contributed by atoms with Gasteiger partial charge < -0.3 is 9.84 Å². The van der Waals surface area contributed by atoms with Crippen molar-refractivity contribution in [3.05, 3.63) is 117 Å². The summed E-state index contributed by atoms with van der Waals surface area (Å²) in [4.78, 5) is 15.8. The molecule has 0 fully saturated rings. The number of esters is 1. The number of aliphatic hydroxyl groups excluding tert-OH is 1. The van der Waals surface area contributed by atoms with Crippen LogP contribution in [0.5, 0.6) is 0 Å². The monoisotopic (exact) mass is 527 g/mol. The van der Waals surface area contributed by atoms with Crippen LogP contribution in [0.3, 0.4) is 0 Å². The van der Waals surface area contributed by atoms with Gasteiger partial charge in [-0.1, -0.05) is 78.4 Å². The van der Waals surface area contributed by atoms with E-state index in [2.05, 4.69) is 75.9 Å². The van der Waals surface area contributed by atoms with E-state index in [1.54, 1.807) is 6.92 Å². The Morgan fingerprint density at radius 1 is 0.897 bits per heavy atom. The van der Waals surface area contributed by atoms with Crippen molar-refractivity contribution in [3.63, 3.8) is 0 Å². The molecule has 3 aromatic rings. The summed E-state index contributed by atoms with van der Waals surface area (Å²) in [6.45, 7) is 17.6. The van der Waals surface area contributed by atoms with Crippen LogP contribution in [0.2, 0.25) is 0 Å². The van der Waals surface area contributed by atoms with E-state index in [0.717, 1.165) is 24.2 Å². The highest BCUT2D eigenvalue weighted by Crippen LogP contribution is 2.31. The van der Waals surface area contributed by atoms with Gasteiger partial charge in [-0.05, 0) is 94.3 Å². The van der Waals surface area contributed by atoms with Gasteiger partial charge in [-0.2, -0.15) is 0 Å². The van der Waals surface area contributed by atoms with Gasteiger partial charge in [0, 0.05) is 19.1 Å². The molecule has 0 saturated heterocycles. The maximum absolute atomic E-state index is 13.4. The van der Waals surface area contributed by atoms with Crippen molar-refractivity contribution in [1.82, 2.24) is 4.90 Å². The molecule has 0 bridgehead atoms. The maximum atomic E-state index is 13.4. The van der Waals surface area contributed by atoms with Crippen molar-refractivity contribution in [2.45, 2.75) is 86.7 Å². The number of hydrogen-bond acceptors (Lipinski definition) is 4. The minimum Gasteiger partial charge on any atom is -0.456 e. The predicted octanol–water partition coefficient (Wildman–Crippen LogP) is 7.56. The van der Waals surface area contributed by atoms with Gasteiger partial charge in [-0.15, -0.1) is 0 Å². The van der Waals surface area contributed by atoms with Gasteiger partial charge in [0.25, 0.3) is 0 Å². The molecule has 4 atom stereocenters. The van der Waals surface area contributed by atoms with Crippen LogP contribution in [-0.4, -0.2) is 28.1 Å². The zero-order valence-electron chi connectivity index (χ0n) is 24.9. The highest BCUT2D eigenvalue weighted by molar-refractivity contribution is 5.73. The average Bonchev–Trinajstić information content (AvgIpc) is 2.92. The van der Waals surface area contributed by atoms with E-state index in [-0.39, 0.29) is 6.04 Å². The molecule has 4 nitrogen and oxygen atoms in total. The Morgan fingerprint density at radius 3 is 2.08 bits per heavy atom. The standard InChI is InChI=1S/C35H45NO3/c1-9-24(3)33(37)28(7)35(38)39-34(30-16-11-10-12-17-30)29(8)36(21-31-18-14-13-15-25(31)4)22-32-26(5)19-23(2)20-27(32)6/h9-20,28-29,33-34,37H,21-22H2,1-8H3/b24-9+/t28-,29+,33+,34+/m1/s1. The third-order valence-corrected chi connectivity index (χ3v) is 7.99. The number of aliphatic hydroxyl groups is 1. The van der Waals surface area contributed by atoms with Crippen LogP contribution in [0.15, 0.2) is 78.4 Å². The number of aryl methyl sites for hydroxylation is 4. The second-order valence-electron chi connectivity index (χ2n) is 11.0. The van der Waals surface area contributed by atoms with Crippen molar-refractivity contribution in [2.75, 3.05) is 0 Å². The first-order valence-electron chi connectivity index (χ1n) is 13.9. The lowest BCUT2D eigenvalue weighted by atomic mass is 9.95. The van der Waals surface area contributed by atoms with E-state index < -0.39 is 24.1 Å². The highest BCUT2D eigenvalue weighted by atomic mass is 16.5. The maximum Gasteiger partial charge on any atom is 0.312 e. The largest absolute Gasteiger partial charge is 0.456 e.